The molecule has 0 radical (unpaired) electrons. The predicted octanol–water partition coefficient (Wildman–Crippen LogP) is 4.32. The minimum atomic E-state index is 0.0103. The lowest BCUT2D eigenvalue weighted by molar-refractivity contribution is 0.321. The van der Waals surface area contributed by atoms with Crippen molar-refractivity contribution in [2.45, 2.75) is 24.3 Å². The molecule has 1 aromatic heterocycles. The highest BCUT2D eigenvalue weighted by Crippen LogP contribution is 2.48. The number of amidine groups is 1. The van der Waals surface area contributed by atoms with Crippen molar-refractivity contribution in [3.8, 4) is 0 Å². The number of rotatable bonds is 2. The lowest BCUT2D eigenvalue weighted by atomic mass is 9.96. The molecule has 1 fully saturated rings. The topological polar surface area (TPSA) is 28.5 Å². The van der Waals surface area contributed by atoms with Crippen molar-refractivity contribution in [1.29, 1.82) is 0 Å². The van der Waals surface area contributed by atoms with Crippen molar-refractivity contribution < 1.29 is 0 Å². The molecule has 112 valence electrons. The molecule has 2 aliphatic heterocycles. The molecule has 3 nitrogen and oxygen atoms in total. The van der Waals surface area contributed by atoms with Gasteiger partial charge in [-0.15, -0.1) is 0 Å². The third kappa shape index (κ3) is 2.31. The molecule has 4 rings (SSSR count). The minimum absolute atomic E-state index is 0.0103. The molecule has 1 saturated heterocycles. The molecule has 1 aromatic carbocycles. The Balaban J connectivity index is 1.81. The van der Waals surface area contributed by atoms with Crippen molar-refractivity contribution in [3.05, 3.63) is 64.9 Å². The van der Waals surface area contributed by atoms with E-state index in [1.165, 1.54) is 0 Å². The summed E-state index contributed by atoms with van der Waals surface area (Å²) in [7, 11) is 0. The van der Waals surface area contributed by atoms with E-state index in [-0.39, 0.29) is 12.1 Å². The number of nitrogens with zero attached hydrogens (tertiary/aromatic N) is 3. The van der Waals surface area contributed by atoms with Crippen molar-refractivity contribution in [2.24, 2.45) is 4.99 Å². The molecule has 3 heterocycles. The maximum absolute atomic E-state index is 6.48. The lowest BCUT2D eigenvalue weighted by Crippen LogP contribution is -2.28. The summed E-state index contributed by atoms with van der Waals surface area (Å²) in [6, 6.07) is 14.2. The summed E-state index contributed by atoms with van der Waals surface area (Å²) in [5, 5.41) is 2.48. The van der Waals surface area contributed by atoms with Crippen LogP contribution in [-0.2, 0) is 0 Å². The van der Waals surface area contributed by atoms with E-state index in [9.17, 15) is 0 Å². The number of fused-ring (bicyclic) bond motifs is 1. The van der Waals surface area contributed by atoms with Crippen molar-refractivity contribution >= 4 is 28.5 Å². The Labute approximate surface area is 139 Å². The first kappa shape index (κ1) is 14.1. The maximum Gasteiger partial charge on any atom is 0.160 e. The molecule has 0 spiro atoms. The maximum atomic E-state index is 6.48. The predicted molar refractivity (Wildman–Crippen MR) is 92.4 cm³/mol. The molecule has 0 aliphatic carbocycles. The molecule has 5 heteroatoms. The number of hydrogen-bond donors (Lipinski definition) is 0. The summed E-state index contributed by atoms with van der Waals surface area (Å²) in [5.41, 5.74) is 2.14. The SMILES string of the molecule is C[C@@H]1CN2C(=N[C@H](c3ccccn3)[C@@H]2c2ccccc2Cl)S1. The summed E-state index contributed by atoms with van der Waals surface area (Å²) >= 11 is 8.32. The summed E-state index contributed by atoms with van der Waals surface area (Å²) in [4.78, 5) is 11.9. The van der Waals surface area contributed by atoms with Crippen LogP contribution in [0, 0.1) is 0 Å². The fraction of sp³-hybridized carbons (Fsp3) is 0.294. The Morgan fingerprint density at radius 1 is 1.18 bits per heavy atom. The number of benzene rings is 1. The first-order valence-electron chi connectivity index (χ1n) is 7.40. The summed E-state index contributed by atoms with van der Waals surface area (Å²) in [6.45, 7) is 3.24. The van der Waals surface area contributed by atoms with Crippen LogP contribution < -0.4 is 0 Å². The van der Waals surface area contributed by atoms with Gasteiger partial charge in [-0.05, 0) is 23.8 Å². The van der Waals surface area contributed by atoms with E-state index in [2.05, 4.69) is 28.9 Å². The van der Waals surface area contributed by atoms with Crippen LogP contribution in [-0.4, -0.2) is 26.8 Å². The fourth-order valence-corrected chi connectivity index (χ4v) is 4.51. The van der Waals surface area contributed by atoms with Crippen LogP contribution in [0.4, 0.5) is 0 Å². The van der Waals surface area contributed by atoms with Gasteiger partial charge in [0.2, 0.25) is 0 Å². The lowest BCUT2D eigenvalue weighted by Gasteiger charge is -2.28. The zero-order chi connectivity index (χ0) is 15.1. The van der Waals surface area contributed by atoms with E-state index in [0.717, 1.165) is 28.0 Å². The van der Waals surface area contributed by atoms with Gasteiger partial charge in [0.1, 0.15) is 6.04 Å². The highest BCUT2D eigenvalue weighted by atomic mass is 35.5. The zero-order valence-electron chi connectivity index (χ0n) is 12.2. The average Bonchev–Trinajstić information content (AvgIpc) is 3.05. The van der Waals surface area contributed by atoms with Gasteiger partial charge >= 0.3 is 0 Å². The van der Waals surface area contributed by atoms with E-state index in [4.69, 9.17) is 16.6 Å². The Kier molecular flexibility index (Phi) is 3.59. The molecule has 0 saturated carbocycles. The van der Waals surface area contributed by atoms with E-state index in [1.807, 2.05) is 48.3 Å². The molecule has 0 unspecified atom stereocenters. The van der Waals surface area contributed by atoms with E-state index >= 15 is 0 Å². The van der Waals surface area contributed by atoms with Crippen LogP contribution in [0.1, 0.15) is 30.3 Å². The zero-order valence-corrected chi connectivity index (χ0v) is 13.8. The summed E-state index contributed by atoms with van der Waals surface area (Å²) in [6.07, 6.45) is 1.83. The second kappa shape index (κ2) is 5.60. The molecule has 2 aromatic rings. The van der Waals surface area contributed by atoms with Gasteiger partial charge in [-0.1, -0.05) is 54.6 Å². The molecule has 2 aliphatic rings. The number of hydrogen-bond acceptors (Lipinski definition) is 4. The number of aromatic nitrogens is 1. The fourth-order valence-electron chi connectivity index (χ4n) is 3.17. The Hall–Kier alpha value is -1.52. The quantitative estimate of drug-likeness (QED) is 0.821. The number of thioether (sulfide) groups is 1. The molecular weight excluding hydrogens is 314 g/mol. The third-order valence-corrected chi connectivity index (χ3v) is 5.55. The first-order valence-corrected chi connectivity index (χ1v) is 8.66. The van der Waals surface area contributed by atoms with Crippen LogP contribution in [0.25, 0.3) is 0 Å². The van der Waals surface area contributed by atoms with Crippen LogP contribution >= 0.6 is 23.4 Å². The van der Waals surface area contributed by atoms with Crippen LogP contribution in [0.5, 0.6) is 0 Å². The van der Waals surface area contributed by atoms with Gasteiger partial charge < -0.3 is 4.90 Å². The molecule has 0 bridgehead atoms. The largest absolute Gasteiger partial charge is 0.341 e. The van der Waals surface area contributed by atoms with E-state index < -0.39 is 0 Å². The second-order valence-electron chi connectivity index (χ2n) is 5.66. The number of pyridine rings is 1. The van der Waals surface area contributed by atoms with Crippen LogP contribution in [0.3, 0.4) is 0 Å². The Morgan fingerprint density at radius 3 is 2.77 bits per heavy atom. The van der Waals surface area contributed by atoms with Gasteiger partial charge in [0.15, 0.2) is 5.17 Å². The van der Waals surface area contributed by atoms with Gasteiger partial charge in [-0.2, -0.15) is 0 Å². The Morgan fingerprint density at radius 2 is 2.00 bits per heavy atom. The van der Waals surface area contributed by atoms with E-state index in [0.29, 0.717) is 5.25 Å². The summed E-state index contributed by atoms with van der Waals surface area (Å²) < 4.78 is 0. The number of aliphatic imine (C=N–C) groups is 1. The first-order chi connectivity index (χ1) is 10.7. The van der Waals surface area contributed by atoms with E-state index in [1.54, 1.807) is 0 Å². The van der Waals surface area contributed by atoms with Crippen molar-refractivity contribution in [2.75, 3.05) is 6.54 Å². The second-order valence-corrected chi connectivity index (χ2v) is 7.47. The van der Waals surface area contributed by atoms with Gasteiger partial charge in [0.25, 0.3) is 0 Å². The standard InChI is InChI=1S/C17H16ClN3S/c1-11-10-21-16(12-6-2-3-7-13(12)18)15(20-17(21)22-11)14-8-4-5-9-19-14/h2-9,11,15-16H,10H2,1H3/t11-,15-,16+/m1/s1. The highest BCUT2D eigenvalue weighted by molar-refractivity contribution is 8.14. The molecule has 0 N–H and O–H groups in total. The highest BCUT2D eigenvalue weighted by Gasteiger charge is 2.44. The minimum Gasteiger partial charge on any atom is -0.341 e. The van der Waals surface area contributed by atoms with Gasteiger partial charge in [-0.3, -0.25) is 9.98 Å². The molecule has 3 atom stereocenters. The number of halogens is 1. The molecular formula is C17H16ClN3S. The Bertz CT molecular complexity index is 719. The van der Waals surface area contributed by atoms with Crippen LogP contribution in [0.2, 0.25) is 5.02 Å². The molecule has 22 heavy (non-hydrogen) atoms. The van der Waals surface area contributed by atoms with Gasteiger partial charge in [0, 0.05) is 23.0 Å². The molecule has 0 amide bonds. The van der Waals surface area contributed by atoms with Gasteiger partial charge in [0.05, 0.1) is 11.7 Å². The monoisotopic (exact) mass is 329 g/mol. The summed E-state index contributed by atoms with van der Waals surface area (Å²) in [5.74, 6) is 0. The smallest absolute Gasteiger partial charge is 0.160 e. The van der Waals surface area contributed by atoms with Crippen molar-refractivity contribution in [1.82, 2.24) is 9.88 Å². The van der Waals surface area contributed by atoms with Crippen LogP contribution in [0.15, 0.2) is 53.7 Å². The van der Waals surface area contributed by atoms with Crippen molar-refractivity contribution in [3.63, 3.8) is 0 Å². The normalized spacial score (nSPS) is 26.9. The third-order valence-electron chi connectivity index (χ3n) is 4.11. The average molecular weight is 330 g/mol. The van der Waals surface area contributed by atoms with Gasteiger partial charge in [-0.25, -0.2) is 0 Å².